The van der Waals surface area contributed by atoms with Gasteiger partial charge >= 0.3 is 12.0 Å². The molecule has 25 heavy (non-hydrogen) atoms. The number of nitrogens with zero attached hydrogens (tertiary/aromatic N) is 1. The standard InChI is InChI=1S/C19H28N2O4/c1-14(2)12-16(13-17(22)23)20-18(24)21-10-8-19(25,9-11-21)15-6-4-3-5-7-15/h3-7,14,16,25H,8-13H2,1-2H3,(H,20,24)(H,22,23)/t16-/m0/s1. The minimum absolute atomic E-state index is 0.0777. The van der Waals surface area contributed by atoms with E-state index in [1.54, 1.807) is 4.90 Å². The van der Waals surface area contributed by atoms with Crippen LogP contribution in [0.4, 0.5) is 4.79 Å². The number of aliphatic carboxylic acids is 1. The summed E-state index contributed by atoms with van der Waals surface area (Å²) in [7, 11) is 0. The van der Waals surface area contributed by atoms with E-state index in [1.165, 1.54) is 0 Å². The molecule has 1 fully saturated rings. The minimum atomic E-state index is -0.914. The van der Waals surface area contributed by atoms with Crippen LogP contribution in [0.5, 0.6) is 0 Å². The zero-order chi connectivity index (χ0) is 18.4. The van der Waals surface area contributed by atoms with E-state index < -0.39 is 11.6 Å². The number of carbonyl (C=O) groups is 2. The number of carboxylic acids is 1. The third-order valence-corrected chi connectivity index (χ3v) is 4.69. The molecule has 3 N–H and O–H groups in total. The fraction of sp³-hybridized carbons (Fsp3) is 0.579. The number of nitrogens with one attached hydrogen (secondary N) is 1. The third-order valence-electron chi connectivity index (χ3n) is 4.69. The molecule has 2 rings (SSSR count). The topological polar surface area (TPSA) is 89.9 Å². The first-order valence-corrected chi connectivity index (χ1v) is 8.85. The Labute approximate surface area is 148 Å². The van der Waals surface area contributed by atoms with Crippen LogP contribution in [0, 0.1) is 5.92 Å². The quantitative estimate of drug-likeness (QED) is 0.737. The molecule has 1 aromatic rings. The van der Waals surface area contributed by atoms with Gasteiger partial charge in [0.05, 0.1) is 12.0 Å². The van der Waals surface area contributed by atoms with Gasteiger partial charge in [-0.3, -0.25) is 4.79 Å². The van der Waals surface area contributed by atoms with E-state index in [2.05, 4.69) is 5.32 Å². The summed E-state index contributed by atoms with van der Waals surface area (Å²) in [6, 6.07) is 8.89. The first-order valence-electron chi connectivity index (χ1n) is 8.85. The van der Waals surface area contributed by atoms with E-state index >= 15 is 0 Å². The molecule has 6 nitrogen and oxygen atoms in total. The van der Waals surface area contributed by atoms with Crippen molar-refractivity contribution in [3.05, 3.63) is 35.9 Å². The maximum atomic E-state index is 12.5. The number of likely N-dealkylation sites (tertiary alicyclic amines) is 1. The van der Waals surface area contributed by atoms with E-state index in [9.17, 15) is 14.7 Å². The summed E-state index contributed by atoms with van der Waals surface area (Å²) in [5.74, 6) is -0.614. The van der Waals surface area contributed by atoms with Gasteiger partial charge in [-0.15, -0.1) is 0 Å². The highest BCUT2D eigenvalue weighted by atomic mass is 16.4. The fourth-order valence-electron chi connectivity index (χ4n) is 3.36. The average molecular weight is 348 g/mol. The number of benzene rings is 1. The third kappa shape index (κ3) is 5.46. The molecular formula is C19H28N2O4. The molecule has 6 heteroatoms. The summed E-state index contributed by atoms with van der Waals surface area (Å²) in [6.45, 7) is 4.89. The minimum Gasteiger partial charge on any atom is -0.481 e. The van der Waals surface area contributed by atoms with Crippen molar-refractivity contribution in [1.82, 2.24) is 10.2 Å². The van der Waals surface area contributed by atoms with Crippen LogP contribution in [0.1, 0.15) is 45.1 Å². The highest BCUT2D eigenvalue weighted by molar-refractivity contribution is 5.76. The van der Waals surface area contributed by atoms with Crippen LogP contribution in [0.2, 0.25) is 0 Å². The van der Waals surface area contributed by atoms with Crippen LogP contribution >= 0.6 is 0 Å². The van der Waals surface area contributed by atoms with E-state index in [1.807, 2.05) is 44.2 Å². The number of amides is 2. The predicted molar refractivity (Wildman–Crippen MR) is 95.2 cm³/mol. The lowest BCUT2D eigenvalue weighted by Crippen LogP contribution is -2.51. The lowest BCUT2D eigenvalue weighted by Gasteiger charge is -2.39. The second-order valence-electron chi connectivity index (χ2n) is 7.26. The number of piperidine rings is 1. The van der Waals surface area contributed by atoms with Crippen molar-refractivity contribution in [2.24, 2.45) is 5.92 Å². The Hall–Kier alpha value is -2.08. The van der Waals surface area contributed by atoms with Gasteiger partial charge in [-0.1, -0.05) is 44.2 Å². The molecule has 0 radical (unpaired) electrons. The SMILES string of the molecule is CC(C)C[C@@H](CC(=O)O)NC(=O)N1CCC(O)(c2ccccc2)CC1. The first-order chi connectivity index (χ1) is 11.8. The summed E-state index contributed by atoms with van der Waals surface area (Å²) in [5.41, 5.74) is -0.0326. The molecule has 1 heterocycles. The molecule has 2 amide bonds. The molecule has 138 valence electrons. The normalized spacial score (nSPS) is 18.0. The van der Waals surface area contributed by atoms with E-state index in [0.29, 0.717) is 38.3 Å². The zero-order valence-electron chi connectivity index (χ0n) is 14.9. The van der Waals surface area contributed by atoms with Crippen molar-refractivity contribution >= 4 is 12.0 Å². The Kier molecular flexibility index (Phi) is 6.42. The summed E-state index contributed by atoms with van der Waals surface area (Å²) in [4.78, 5) is 25.1. The summed E-state index contributed by atoms with van der Waals surface area (Å²) in [6.07, 6.45) is 1.49. The van der Waals surface area contributed by atoms with Gasteiger partial charge in [-0.2, -0.15) is 0 Å². The molecule has 1 aliphatic rings. The van der Waals surface area contributed by atoms with E-state index in [-0.39, 0.29) is 18.5 Å². The van der Waals surface area contributed by atoms with Gasteiger partial charge in [0.25, 0.3) is 0 Å². The van der Waals surface area contributed by atoms with Gasteiger partial charge in [-0.05, 0) is 30.7 Å². The maximum absolute atomic E-state index is 12.5. The number of hydrogen-bond acceptors (Lipinski definition) is 3. The van der Waals surface area contributed by atoms with Crippen molar-refractivity contribution in [3.63, 3.8) is 0 Å². The van der Waals surface area contributed by atoms with Gasteiger partial charge in [0, 0.05) is 19.1 Å². The second-order valence-corrected chi connectivity index (χ2v) is 7.26. The summed E-state index contributed by atoms with van der Waals surface area (Å²) >= 11 is 0. The number of aliphatic hydroxyl groups is 1. The monoisotopic (exact) mass is 348 g/mol. The molecular weight excluding hydrogens is 320 g/mol. The van der Waals surface area contributed by atoms with Crippen molar-refractivity contribution in [3.8, 4) is 0 Å². The first kappa shape index (κ1) is 19.2. The summed E-state index contributed by atoms with van der Waals surface area (Å²) < 4.78 is 0. The average Bonchev–Trinajstić information content (AvgIpc) is 2.55. The van der Waals surface area contributed by atoms with Crippen molar-refractivity contribution in [2.45, 2.75) is 51.2 Å². The Bertz CT molecular complexity index is 580. The molecule has 0 saturated carbocycles. The van der Waals surface area contributed by atoms with Crippen LogP contribution in [0.15, 0.2) is 30.3 Å². The van der Waals surface area contributed by atoms with Gasteiger partial charge in [0.2, 0.25) is 0 Å². The van der Waals surface area contributed by atoms with E-state index in [4.69, 9.17) is 5.11 Å². The van der Waals surface area contributed by atoms with Crippen LogP contribution in [0.3, 0.4) is 0 Å². The number of rotatable bonds is 6. The molecule has 0 aromatic heterocycles. The summed E-state index contributed by atoms with van der Waals surface area (Å²) in [5, 5.41) is 22.7. The van der Waals surface area contributed by atoms with Crippen LogP contribution in [-0.2, 0) is 10.4 Å². The zero-order valence-corrected chi connectivity index (χ0v) is 14.9. The number of carbonyl (C=O) groups excluding carboxylic acids is 1. The Morgan fingerprint density at radius 2 is 1.80 bits per heavy atom. The number of urea groups is 1. The highest BCUT2D eigenvalue weighted by Gasteiger charge is 2.35. The largest absolute Gasteiger partial charge is 0.481 e. The lowest BCUT2D eigenvalue weighted by molar-refractivity contribution is -0.137. The Morgan fingerprint density at radius 3 is 2.32 bits per heavy atom. The molecule has 0 aliphatic carbocycles. The molecule has 1 aromatic carbocycles. The highest BCUT2D eigenvalue weighted by Crippen LogP contribution is 2.32. The van der Waals surface area contributed by atoms with Crippen LogP contribution < -0.4 is 5.32 Å². The van der Waals surface area contributed by atoms with E-state index in [0.717, 1.165) is 5.56 Å². The van der Waals surface area contributed by atoms with Gasteiger partial charge in [0.1, 0.15) is 0 Å². The second kappa shape index (κ2) is 8.34. The van der Waals surface area contributed by atoms with Crippen LogP contribution in [0.25, 0.3) is 0 Å². The van der Waals surface area contributed by atoms with Crippen molar-refractivity contribution in [1.29, 1.82) is 0 Å². The van der Waals surface area contributed by atoms with Gasteiger partial charge in [0.15, 0.2) is 0 Å². The van der Waals surface area contributed by atoms with Gasteiger partial charge < -0.3 is 20.4 Å². The van der Waals surface area contributed by atoms with Crippen molar-refractivity contribution in [2.75, 3.05) is 13.1 Å². The van der Waals surface area contributed by atoms with Gasteiger partial charge in [-0.25, -0.2) is 4.79 Å². The Morgan fingerprint density at radius 1 is 1.20 bits per heavy atom. The maximum Gasteiger partial charge on any atom is 0.317 e. The molecule has 0 unspecified atom stereocenters. The van der Waals surface area contributed by atoms with Crippen molar-refractivity contribution < 1.29 is 19.8 Å². The number of hydrogen-bond donors (Lipinski definition) is 3. The van der Waals surface area contributed by atoms with Crippen LogP contribution in [-0.4, -0.2) is 46.2 Å². The fourth-order valence-corrected chi connectivity index (χ4v) is 3.36. The molecule has 1 atom stereocenters. The molecule has 1 aliphatic heterocycles. The molecule has 0 bridgehead atoms. The molecule has 1 saturated heterocycles. The Balaban J connectivity index is 1.92. The smallest absolute Gasteiger partial charge is 0.317 e. The molecule has 0 spiro atoms. The number of carboxylic acid groups (broad SMARTS) is 1. The predicted octanol–water partition coefficient (Wildman–Crippen LogP) is 2.57. The lowest BCUT2D eigenvalue weighted by atomic mass is 9.84.